The maximum Gasteiger partial charge on any atom is 0.241 e. The van der Waals surface area contributed by atoms with Crippen molar-refractivity contribution < 1.29 is 4.52 Å². The SMILES string of the molecule is Cc1[nH]ncc1CN(C)Cc1nc(-c2ccccc2Cl)no1. The van der Waals surface area contributed by atoms with Gasteiger partial charge in [0.15, 0.2) is 0 Å². The molecule has 0 radical (unpaired) electrons. The third-order valence-electron chi connectivity index (χ3n) is 3.36. The number of aromatic nitrogens is 4. The van der Waals surface area contributed by atoms with Crippen LogP contribution >= 0.6 is 11.6 Å². The molecule has 2 heterocycles. The van der Waals surface area contributed by atoms with E-state index in [1.54, 1.807) is 6.07 Å². The smallest absolute Gasteiger partial charge is 0.241 e. The van der Waals surface area contributed by atoms with Gasteiger partial charge in [-0.3, -0.25) is 10.00 Å². The number of H-pyrrole nitrogens is 1. The zero-order chi connectivity index (χ0) is 15.5. The van der Waals surface area contributed by atoms with Gasteiger partial charge in [0.1, 0.15) is 0 Å². The van der Waals surface area contributed by atoms with Crippen LogP contribution in [0.5, 0.6) is 0 Å². The lowest BCUT2D eigenvalue weighted by Gasteiger charge is -2.13. The molecule has 0 unspecified atom stereocenters. The molecule has 3 aromatic rings. The topological polar surface area (TPSA) is 70.8 Å². The molecule has 0 bridgehead atoms. The van der Waals surface area contributed by atoms with Gasteiger partial charge in [0.25, 0.3) is 0 Å². The fraction of sp³-hybridized carbons (Fsp3) is 0.267. The van der Waals surface area contributed by atoms with E-state index >= 15 is 0 Å². The van der Waals surface area contributed by atoms with E-state index in [1.807, 2.05) is 38.4 Å². The third-order valence-corrected chi connectivity index (χ3v) is 3.69. The molecule has 0 aliphatic carbocycles. The predicted octanol–water partition coefficient (Wildman–Crippen LogP) is 3.05. The van der Waals surface area contributed by atoms with E-state index in [-0.39, 0.29) is 0 Å². The molecule has 0 atom stereocenters. The molecule has 6 nitrogen and oxygen atoms in total. The first kappa shape index (κ1) is 14.7. The first-order valence-corrected chi connectivity index (χ1v) is 7.26. The molecule has 1 aromatic carbocycles. The quantitative estimate of drug-likeness (QED) is 0.783. The molecule has 1 N–H and O–H groups in total. The summed E-state index contributed by atoms with van der Waals surface area (Å²) in [5, 5.41) is 11.6. The minimum Gasteiger partial charge on any atom is -0.338 e. The Morgan fingerprint density at radius 3 is 2.82 bits per heavy atom. The standard InChI is InChI=1S/C15H16ClN5O/c1-10-11(7-17-19-10)8-21(2)9-14-18-15(20-22-14)12-5-3-4-6-13(12)16/h3-7H,8-9H2,1-2H3,(H,17,19). The van der Waals surface area contributed by atoms with Gasteiger partial charge in [0.2, 0.25) is 11.7 Å². The zero-order valence-electron chi connectivity index (χ0n) is 12.4. The van der Waals surface area contributed by atoms with Crippen molar-refractivity contribution in [3.63, 3.8) is 0 Å². The number of hydrogen-bond acceptors (Lipinski definition) is 5. The number of nitrogens with one attached hydrogen (secondary N) is 1. The summed E-state index contributed by atoms with van der Waals surface area (Å²) in [5.74, 6) is 1.06. The molecule has 0 amide bonds. The molecule has 0 saturated carbocycles. The van der Waals surface area contributed by atoms with Crippen molar-refractivity contribution in [2.24, 2.45) is 0 Å². The number of hydrogen-bond donors (Lipinski definition) is 1. The summed E-state index contributed by atoms with van der Waals surface area (Å²) in [4.78, 5) is 6.49. The van der Waals surface area contributed by atoms with Gasteiger partial charge in [-0.05, 0) is 26.1 Å². The molecule has 7 heteroatoms. The largest absolute Gasteiger partial charge is 0.338 e. The monoisotopic (exact) mass is 317 g/mol. The van der Waals surface area contributed by atoms with Crippen LogP contribution in [0.25, 0.3) is 11.4 Å². The van der Waals surface area contributed by atoms with Crippen LogP contribution in [-0.4, -0.2) is 32.3 Å². The molecule has 0 saturated heterocycles. The Bertz CT molecular complexity index is 767. The average molecular weight is 318 g/mol. The van der Waals surface area contributed by atoms with Crippen LogP contribution in [0.15, 0.2) is 35.0 Å². The lowest BCUT2D eigenvalue weighted by molar-refractivity contribution is 0.260. The Balaban J connectivity index is 1.69. The lowest BCUT2D eigenvalue weighted by Crippen LogP contribution is -2.17. The Morgan fingerprint density at radius 1 is 1.27 bits per heavy atom. The van der Waals surface area contributed by atoms with Gasteiger partial charge in [-0.25, -0.2) is 0 Å². The second-order valence-electron chi connectivity index (χ2n) is 5.18. The van der Waals surface area contributed by atoms with E-state index in [1.165, 1.54) is 0 Å². The molecule has 3 rings (SSSR count). The molecular formula is C15H16ClN5O. The van der Waals surface area contributed by atoms with E-state index in [9.17, 15) is 0 Å². The highest BCUT2D eigenvalue weighted by molar-refractivity contribution is 6.33. The van der Waals surface area contributed by atoms with Crippen LogP contribution in [0, 0.1) is 6.92 Å². The van der Waals surface area contributed by atoms with Gasteiger partial charge >= 0.3 is 0 Å². The van der Waals surface area contributed by atoms with Crippen LogP contribution in [0.2, 0.25) is 5.02 Å². The lowest BCUT2D eigenvalue weighted by atomic mass is 10.2. The molecule has 2 aromatic heterocycles. The van der Waals surface area contributed by atoms with Crippen LogP contribution in [0.4, 0.5) is 0 Å². The van der Waals surface area contributed by atoms with Gasteiger partial charge < -0.3 is 4.52 Å². The maximum absolute atomic E-state index is 6.14. The van der Waals surface area contributed by atoms with E-state index in [0.717, 1.165) is 23.4 Å². The molecule has 22 heavy (non-hydrogen) atoms. The number of aryl methyl sites for hydroxylation is 1. The van der Waals surface area contributed by atoms with Crippen molar-refractivity contribution in [2.45, 2.75) is 20.0 Å². The van der Waals surface area contributed by atoms with Crippen LogP contribution < -0.4 is 0 Å². The second kappa shape index (κ2) is 6.29. The van der Waals surface area contributed by atoms with E-state index < -0.39 is 0 Å². The Kier molecular flexibility index (Phi) is 4.22. The van der Waals surface area contributed by atoms with Crippen molar-refractivity contribution in [2.75, 3.05) is 7.05 Å². The van der Waals surface area contributed by atoms with Crippen molar-refractivity contribution in [3.8, 4) is 11.4 Å². The summed E-state index contributed by atoms with van der Waals surface area (Å²) in [7, 11) is 1.99. The molecule has 114 valence electrons. The van der Waals surface area contributed by atoms with Crippen molar-refractivity contribution in [1.82, 2.24) is 25.2 Å². The highest BCUT2D eigenvalue weighted by Crippen LogP contribution is 2.25. The highest BCUT2D eigenvalue weighted by atomic mass is 35.5. The Morgan fingerprint density at radius 2 is 2.09 bits per heavy atom. The normalized spacial score (nSPS) is 11.3. The predicted molar refractivity (Wildman–Crippen MR) is 83.2 cm³/mol. The van der Waals surface area contributed by atoms with E-state index in [2.05, 4.69) is 25.2 Å². The summed E-state index contributed by atoms with van der Waals surface area (Å²) in [6.45, 7) is 3.31. The molecule has 0 aliphatic heterocycles. The fourth-order valence-corrected chi connectivity index (χ4v) is 2.40. The number of nitrogens with zero attached hydrogens (tertiary/aromatic N) is 4. The van der Waals surface area contributed by atoms with Gasteiger partial charge in [-0.2, -0.15) is 10.1 Å². The van der Waals surface area contributed by atoms with Gasteiger partial charge in [0.05, 0.1) is 17.8 Å². The summed E-state index contributed by atoms with van der Waals surface area (Å²) >= 11 is 6.14. The highest BCUT2D eigenvalue weighted by Gasteiger charge is 2.13. The molecule has 0 spiro atoms. The maximum atomic E-state index is 6.14. The summed E-state index contributed by atoms with van der Waals surface area (Å²) in [5.41, 5.74) is 2.98. The first-order valence-electron chi connectivity index (χ1n) is 6.88. The van der Waals surface area contributed by atoms with Gasteiger partial charge in [-0.1, -0.05) is 28.9 Å². The second-order valence-corrected chi connectivity index (χ2v) is 5.59. The number of rotatable bonds is 5. The Hall–Kier alpha value is -2.18. The van der Waals surface area contributed by atoms with E-state index in [0.29, 0.717) is 23.3 Å². The average Bonchev–Trinajstić information content (AvgIpc) is 3.10. The summed E-state index contributed by atoms with van der Waals surface area (Å²) < 4.78 is 5.31. The summed E-state index contributed by atoms with van der Waals surface area (Å²) in [6, 6.07) is 7.44. The third kappa shape index (κ3) is 3.18. The van der Waals surface area contributed by atoms with Crippen molar-refractivity contribution >= 4 is 11.6 Å². The van der Waals surface area contributed by atoms with Crippen molar-refractivity contribution in [3.05, 3.63) is 52.6 Å². The van der Waals surface area contributed by atoms with Crippen molar-refractivity contribution in [1.29, 1.82) is 0 Å². The van der Waals surface area contributed by atoms with E-state index in [4.69, 9.17) is 16.1 Å². The minimum atomic E-state index is 0.508. The molecule has 0 aliphatic rings. The zero-order valence-corrected chi connectivity index (χ0v) is 13.1. The number of halogens is 1. The number of benzene rings is 1. The summed E-state index contributed by atoms with van der Waals surface area (Å²) in [6.07, 6.45) is 1.83. The fourth-order valence-electron chi connectivity index (χ4n) is 2.18. The molecular weight excluding hydrogens is 302 g/mol. The molecule has 0 fully saturated rings. The van der Waals surface area contributed by atoms with Crippen LogP contribution in [0.1, 0.15) is 17.1 Å². The minimum absolute atomic E-state index is 0.508. The van der Waals surface area contributed by atoms with Gasteiger partial charge in [0, 0.05) is 23.4 Å². The number of aromatic amines is 1. The Labute approximate surface area is 133 Å². The van der Waals surface area contributed by atoms with Crippen LogP contribution in [0.3, 0.4) is 0 Å². The van der Waals surface area contributed by atoms with Crippen LogP contribution in [-0.2, 0) is 13.1 Å². The van der Waals surface area contributed by atoms with Gasteiger partial charge in [-0.15, -0.1) is 0 Å². The first-order chi connectivity index (χ1) is 10.6.